The van der Waals surface area contributed by atoms with E-state index in [0.29, 0.717) is 13.2 Å². The fourth-order valence-corrected chi connectivity index (χ4v) is 2.52. The predicted molar refractivity (Wildman–Crippen MR) is 65.3 cm³/mol. The third-order valence-electron chi connectivity index (χ3n) is 2.69. The first-order valence-corrected chi connectivity index (χ1v) is 6.70. The molecule has 0 aliphatic carbocycles. The molecule has 0 radical (unpaired) electrons. The van der Waals surface area contributed by atoms with Crippen LogP contribution in [0.5, 0.6) is 0 Å². The molecule has 1 aromatic rings. The highest BCUT2D eigenvalue weighted by molar-refractivity contribution is 7.09. The van der Waals surface area contributed by atoms with Gasteiger partial charge in [0, 0.05) is 37.2 Å². The molecule has 0 aromatic carbocycles. The average Bonchev–Trinajstić information content (AvgIpc) is 2.78. The van der Waals surface area contributed by atoms with E-state index in [9.17, 15) is 13.2 Å². The SMILES string of the molecule is CC(CN1CCOCC1)Nc1nc(C(F)(F)F)ns1. The topological polar surface area (TPSA) is 50.3 Å². The minimum Gasteiger partial charge on any atom is -0.379 e. The molecule has 2 rings (SSSR count). The third-order valence-corrected chi connectivity index (χ3v) is 3.33. The standard InChI is InChI=1S/C10H15F3N4OS/c1-7(6-17-2-4-18-5-3-17)14-9-15-8(16-19-9)10(11,12)13/h7H,2-6H2,1H3,(H,14,15,16). The van der Waals surface area contributed by atoms with Crippen molar-refractivity contribution in [3.8, 4) is 0 Å². The number of halogens is 3. The van der Waals surface area contributed by atoms with Gasteiger partial charge < -0.3 is 10.1 Å². The van der Waals surface area contributed by atoms with Crippen molar-refractivity contribution in [2.75, 3.05) is 38.2 Å². The van der Waals surface area contributed by atoms with Gasteiger partial charge in [-0.25, -0.2) is 0 Å². The first-order chi connectivity index (χ1) is 8.95. The van der Waals surface area contributed by atoms with Crippen LogP contribution in [0.1, 0.15) is 12.7 Å². The Morgan fingerprint density at radius 1 is 1.42 bits per heavy atom. The summed E-state index contributed by atoms with van der Waals surface area (Å²) in [5.41, 5.74) is 0. The van der Waals surface area contributed by atoms with Crippen LogP contribution in [0.4, 0.5) is 18.3 Å². The van der Waals surface area contributed by atoms with Crippen molar-refractivity contribution in [3.05, 3.63) is 5.82 Å². The van der Waals surface area contributed by atoms with E-state index in [1.165, 1.54) is 0 Å². The van der Waals surface area contributed by atoms with Gasteiger partial charge in [0.25, 0.3) is 0 Å². The molecule has 1 saturated heterocycles. The van der Waals surface area contributed by atoms with Crippen molar-refractivity contribution < 1.29 is 17.9 Å². The van der Waals surface area contributed by atoms with E-state index < -0.39 is 12.0 Å². The van der Waals surface area contributed by atoms with Crippen LogP contribution in [0.3, 0.4) is 0 Å². The van der Waals surface area contributed by atoms with Crippen molar-refractivity contribution in [2.45, 2.75) is 19.1 Å². The number of hydrogen-bond donors (Lipinski definition) is 1. The van der Waals surface area contributed by atoms with Crippen LogP contribution in [0, 0.1) is 0 Å². The summed E-state index contributed by atoms with van der Waals surface area (Å²) in [5, 5.41) is 3.15. The second kappa shape index (κ2) is 6.02. The van der Waals surface area contributed by atoms with E-state index in [1.54, 1.807) is 0 Å². The smallest absolute Gasteiger partial charge is 0.379 e. The molecule has 0 bridgehead atoms. The molecule has 1 unspecified atom stereocenters. The number of hydrogen-bond acceptors (Lipinski definition) is 6. The van der Waals surface area contributed by atoms with Gasteiger partial charge in [0.15, 0.2) is 0 Å². The Hall–Kier alpha value is -0.930. The van der Waals surface area contributed by atoms with Crippen LogP contribution in [0.2, 0.25) is 0 Å². The highest BCUT2D eigenvalue weighted by atomic mass is 32.1. The third kappa shape index (κ3) is 4.29. The molecule has 19 heavy (non-hydrogen) atoms. The Bertz CT molecular complexity index is 406. The van der Waals surface area contributed by atoms with Crippen LogP contribution in [-0.2, 0) is 10.9 Å². The first kappa shape index (κ1) is 14.5. The van der Waals surface area contributed by atoms with Crippen LogP contribution in [-0.4, -0.2) is 53.1 Å². The lowest BCUT2D eigenvalue weighted by Crippen LogP contribution is -2.42. The van der Waals surface area contributed by atoms with Crippen LogP contribution >= 0.6 is 11.5 Å². The summed E-state index contributed by atoms with van der Waals surface area (Å²) in [6, 6.07) is 0.00661. The molecule has 2 heterocycles. The van der Waals surface area contributed by atoms with E-state index in [2.05, 4.69) is 19.6 Å². The monoisotopic (exact) mass is 296 g/mol. The normalized spacial score (nSPS) is 19.4. The molecule has 1 fully saturated rings. The number of morpholine rings is 1. The molecular weight excluding hydrogens is 281 g/mol. The quantitative estimate of drug-likeness (QED) is 0.916. The minimum atomic E-state index is -4.48. The Labute approximate surface area is 112 Å². The van der Waals surface area contributed by atoms with Gasteiger partial charge in [-0.15, -0.1) is 0 Å². The number of rotatable bonds is 4. The fourth-order valence-electron chi connectivity index (χ4n) is 1.82. The van der Waals surface area contributed by atoms with Gasteiger partial charge in [-0.05, 0) is 6.92 Å². The van der Waals surface area contributed by atoms with Crippen molar-refractivity contribution in [1.29, 1.82) is 0 Å². The average molecular weight is 296 g/mol. The van der Waals surface area contributed by atoms with Crippen molar-refractivity contribution in [1.82, 2.24) is 14.3 Å². The second-order valence-corrected chi connectivity index (χ2v) is 5.13. The summed E-state index contributed by atoms with van der Waals surface area (Å²) in [6.07, 6.45) is -4.48. The second-order valence-electron chi connectivity index (χ2n) is 4.38. The molecule has 108 valence electrons. The van der Waals surface area contributed by atoms with E-state index >= 15 is 0 Å². The molecule has 1 atom stereocenters. The van der Waals surface area contributed by atoms with E-state index in [1.807, 2.05) is 6.92 Å². The lowest BCUT2D eigenvalue weighted by molar-refractivity contribution is -0.144. The van der Waals surface area contributed by atoms with Crippen LogP contribution in [0.25, 0.3) is 0 Å². The summed E-state index contributed by atoms with van der Waals surface area (Å²) >= 11 is 0.731. The molecule has 1 N–H and O–H groups in total. The molecule has 0 spiro atoms. The minimum absolute atomic E-state index is 0.00661. The number of anilines is 1. The fraction of sp³-hybridized carbons (Fsp3) is 0.800. The van der Waals surface area contributed by atoms with Gasteiger partial charge in [-0.3, -0.25) is 4.90 Å². The molecule has 1 aliphatic heterocycles. The summed E-state index contributed by atoms with van der Waals surface area (Å²) < 4.78 is 45.6. The summed E-state index contributed by atoms with van der Waals surface area (Å²) in [6.45, 7) is 5.73. The molecule has 1 aliphatic rings. The number of nitrogens with one attached hydrogen (secondary N) is 1. The maximum absolute atomic E-state index is 12.3. The molecule has 0 amide bonds. The van der Waals surface area contributed by atoms with E-state index in [4.69, 9.17) is 4.74 Å². The Morgan fingerprint density at radius 2 is 2.11 bits per heavy atom. The number of nitrogens with zero attached hydrogens (tertiary/aromatic N) is 3. The molecular formula is C10H15F3N4OS. The summed E-state index contributed by atoms with van der Waals surface area (Å²) in [5.74, 6) is -1.08. The molecule has 1 aromatic heterocycles. The van der Waals surface area contributed by atoms with Crippen LogP contribution < -0.4 is 5.32 Å². The van der Waals surface area contributed by atoms with Gasteiger partial charge in [0.05, 0.1) is 13.2 Å². The van der Waals surface area contributed by atoms with Gasteiger partial charge in [0.2, 0.25) is 11.0 Å². The highest BCUT2D eigenvalue weighted by Crippen LogP contribution is 2.29. The zero-order chi connectivity index (χ0) is 13.9. The highest BCUT2D eigenvalue weighted by Gasteiger charge is 2.36. The maximum atomic E-state index is 12.3. The van der Waals surface area contributed by atoms with Crippen molar-refractivity contribution in [2.24, 2.45) is 0 Å². The van der Waals surface area contributed by atoms with Gasteiger partial charge in [-0.2, -0.15) is 22.5 Å². The summed E-state index contributed by atoms with van der Waals surface area (Å²) in [7, 11) is 0. The van der Waals surface area contributed by atoms with Crippen molar-refractivity contribution in [3.63, 3.8) is 0 Å². The maximum Gasteiger partial charge on any atom is 0.452 e. The van der Waals surface area contributed by atoms with E-state index in [0.717, 1.165) is 31.2 Å². The first-order valence-electron chi connectivity index (χ1n) is 5.92. The van der Waals surface area contributed by atoms with Gasteiger partial charge in [0.1, 0.15) is 0 Å². The number of ether oxygens (including phenoxy) is 1. The van der Waals surface area contributed by atoms with E-state index in [-0.39, 0.29) is 11.2 Å². The molecule has 9 heteroatoms. The van der Waals surface area contributed by atoms with Gasteiger partial charge in [-0.1, -0.05) is 0 Å². The largest absolute Gasteiger partial charge is 0.452 e. The van der Waals surface area contributed by atoms with Gasteiger partial charge >= 0.3 is 6.18 Å². The molecule has 5 nitrogen and oxygen atoms in total. The number of aromatic nitrogens is 2. The van der Waals surface area contributed by atoms with Crippen LogP contribution in [0.15, 0.2) is 0 Å². The Balaban J connectivity index is 1.84. The number of alkyl halides is 3. The summed E-state index contributed by atoms with van der Waals surface area (Å²) in [4.78, 5) is 5.64. The molecule has 0 saturated carbocycles. The lowest BCUT2D eigenvalue weighted by Gasteiger charge is -2.29. The zero-order valence-electron chi connectivity index (χ0n) is 10.4. The zero-order valence-corrected chi connectivity index (χ0v) is 11.2. The Kier molecular flexibility index (Phi) is 4.58. The Morgan fingerprint density at radius 3 is 2.68 bits per heavy atom. The lowest BCUT2D eigenvalue weighted by atomic mass is 10.3. The van der Waals surface area contributed by atoms with Crippen molar-refractivity contribution >= 4 is 16.7 Å². The predicted octanol–water partition coefficient (Wildman–Crippen LogP) is 1.69.